The standard InChI is InChI=1S/C16H15ClN2O2/c1-21-10-2-9-19-15(8-5-13(11-18)16(19)20)12-3-6-14(17)7-4-12/h3-8H,2,9-10H2,1H3. The molecule has 0 spiro atoms. The zero-order chi connectivity index (χ0) is 15.2. The van der Waals surface area contributed by atoms with Crippen LogP contribution in [0.2, 0.25) is 5.02 Å². The van der Waals surface area contributed by atoms with Crippen LogP contribution >= 0.6 is 11.6 Å². The molecular formula is C16H15ClN2O2. The van der Waals surface area contributed by atoms with E-state index in [4.69, 9.17) is 21.6 Å². The molecule has 2 aromatic rings. The van der Waals surface area contributed by atoms with Gasteiger partial charge in [0.25, 0.3) is 5.56 Å². The topological polar surface area (TPSA) is 55.0 Å². The molecule has 21 heavy (non-hydrogen) atoms. The number of hydrogen-bond donors (Lipinski definition) is 0. The normalized spacial score (nSPS) is 10.3. The van der Waals surface area contributed by atoms with Crippen LogP contribution in [-0.2, 0) is 11.3 Å². The summed E-state index contributed by atoms with van der Waals surface area (Å²) in [6, 6.07) is 12.5. The summed E-state index contributed by atoms with van der Waals surface area (Å²) in [5.74, 6) is 0. The van der Waals surface area contributed by atoms with Crippen molar-refractivity contribution in [1.82, 2.24) is 4.57 Å². The van der Waals surface area contributed by atoms with Gasteiger partial charge in [-0.05, 0) is 36.2 Å². The number of pyridine rings is 1. The first kappa shape index (κ1) is 15.3. The number of nitriles is 1. The molecule has 0 saturated heterocycles. The summed E-state index contributed by atoms with van der Waals surface area (Å²) in [6.45, 7) is 1.06. The lowest BCUT2D eigenvalue weighted by Gasteiger charge is -2.13. The fraction of sp³-hybridized carbons (Fsp3) is 0.250. The minimum absolute atomic E-state index is 0.144. The van der Waals surface area contributed by atoms with Gasteiger partial charge < -0.3 is 9.30 Å². The predicted octanol–water partition coefficient (Wildman–Crippen LogP) is 3.08. The van der Waals surface area contributed by atoms with Crippen molar-refractivity contribution in [3.8, 4) is 17.3 Å². The van der Waals surface area contributed by atoms with Crippen molar-refractivity contribution in [3.63, 3.8) is 0 Å². The van der Waals surface area contributed by atoms with Crippen molar-refractivity contribution in [2.45, 2.75) is 13.0 Å². The van der Waals surface area contributed by atoms with Gasteiger partial charge in [0.05, 0.1) is 5.69 Å². The Kier molecular flexibility index (Phi) is 5.15. The first-order valence-electron chi connectivity index (χ1n) is 6.56. The summed E-state index contributed by atoms with van der Waals surface area (Å²) < 4.78 is 6.64. The summed E-state index contributed by atoms with van der Waals surface area (Å²) in [6.07, 6.45) is 0.700. The Morgan fingerprint density at radius 2 is 1.95 bits per heavy atom. The molecule has 0 atom stereocenters. The van der Waals surface area contributed by atoms with Crippen LogP contribution in [0.4, 0.5) is 0 Å². The van der Waals surface area contributed by atoms with Gasteiger partial charge in [-0.25, -0.2) is 0 Å². The van der Waals surface area contributed by atoms with E-state index in [1.165, 1.54) is 0 Å². The van der Waals surface area contributed by atoms with Gasteiger partial charge in [-0.15, -0.1) is 0 Å². The third kappa shape index (κ3) is 3.52. The number of hydrogen-bond acceptors (Lipinski definition) is 3. The van der Waals surface area contributed by atoms with Gasteiger partial charge in [-0.2, -0.15) is 5.26 Å². The van der Waals surface area contributed by atoms with Gasteiger partial charge in [0, 0.05) is 25.3 Å². The van der Waals surface area contributed by atoms with Crippen LogP contribution in [0.5, 0.6) is 0 Å². The number of rotatable bonds is 5. The second kappa shape index (κ2) is 7.07. The van der Waals surface area contributed by atoms with Crippen molar-refractivity contribution in [2.24, 2.45) is 0 Å². The number of aromatic nitrogens is 1. The van der Waals surface area contributed by atoms with E-state index in [1.807, 2.05) is 18.2 Å². The van der Waals surface area contributed by atoms with E-state index in [-0.39, 0.29) is 11.1 Å². The van der Waals surface area contributed by atoms with E-state index in [2.05, 4.69) is 0 Å². The summed E-state index contributed by atoms with van der Waals surface area (Å²) in [4.78, 5) is 12.3. The SMILES string of the molecule is COCCCn1c(-c2ccc(Cl)cc2)ccc(C#N)c1=O. The number of nitrogens with zero attached hydrogens (tertiary/aromatic N) is 2. The van der Waals surface area contributed by atoms with Crippen LogP contribution in [0.15, 0.2) is 41.2 Å². The maximum Gasteiger partial charge on any atom is 0.268 e. The lowest BCUT2D eigenvalue weighted by molar-refractivity contribution is 0.190. The van der Waals surface area contributed by atoms with Crippen LogP contribution < -0.4 is 5.56 Å². The molecule has 1 aromatic carbocycles. The Hall–Kier alpha value is -2.09. The van der Waals surface area contributed by atoms with E-state index in [1.54, 1.807) is 35.9 Å². The zero-order valence-electron chi connectivity index (χ0n) is 11.7. The molecule has 1 heterocycles. The molecule has 5 heteroatoms. The highest BCUT2D eigenvalue weighted by Gasteiger charge is 2.10. The Bertz CT molecular complexity index is 715. The predicted molar refractivity (Wildman–Crippen MR) is 82.4 cm³/mol. The summed E-state index contributed by atoms with van der Waals surface area (Å²) >= 11 is 5.89. The number of methoxy groups -OCH3 is 1. The molecule has 0 bridgehead atoms. The highest BCUT2D eigenvalue weighted by molar-refractivity contribution is 6.30. The van der Waals surface area contributed by atoms with Crippen LogP contribution in [0.25, 0.3) is 11.3 Å². The molecule has 0 saturated carbocycles. The fourth-order valence-electron chi connectivity index (χ4n) is 2.13. The zero-order valence-corrected chi connectivity index (χ0v) is 12.4. The molecule has 2 rings (SSSR count). The summed E-state index contributed by atoms with van der Waals surface area (Å²) in [5.41, 5.74) is 1.52. The largest absolute Gasteiger partial charge is 0.385 e. The molecule has 1 aromatic heterocycles. The second-order valence-corrected chi connectivity index (χ2v) is 4.99. The molecule has 0 aliphatic rings. The lowest BCUT2D eigenvalue weighted by atomic mass is 10.1. The molecule has 0 aliphatic heterocycles. The maximum absolute atomic E-state index is 12.3. The average molecular weight is 303 g/mol. The first-order chi connectivity index (χ1) is 10.2. The Labute approximate surface area is 128 Å². The number of halogens is 1. The molecule has 4 nitrogen and oxygen atoms in total. The highest BCUT2D eigenvalue weighted by atomic mass is 35.5. The maximum atomic E-state index is 12.3. The van der Waals surface area contributed by atoms with Gasteiger partial charge in [0.15, 0.2) is 0 Å². The van der Waals surface area contributed by atoms with E-state index in [0.717, 1.165) is 11.3 Å². The van der Waals surface area contributed by atoms with Gasteiger partial charge >= 0.3 is 0 Å². The first-order valence-corrected chi connectivity index (χ1v) is 6.94. The minimum atomic E-state index is -0.277. The monoisotopic (exact) mass is 302 g/mol. The van der Waals surface area contributed by atoms with Crippen molar-refractivity contribution in [2.75, 3.05) is 13.7 Å². The third-order valence-electron chi connectivity index (χ3n) is 3.16. The molecule has 0 unspecified atom stereocenters. The summed E-state index contributed by atoms with van der Waals surface area (Å²) in [5, 5.41) is 9.65. The van der Waals surface area contributed by atoms with E-state index in [0.29, 0.717) is 24.6 Å². The van der Waals surface area contributed by atoms with Crippen LogP contribution in [0, 0.1) is 11.3 Å². The molecule has 0 amide bonds. The highest BCUT2D eigenvalue weighted by Crippen LogP contribution is 2.21. The molecular weight excluding hydrogens is 288 g/mol. The molecule has 108 valence electrons. The fourth-order valence-corrected chi connectivity index (χ4v) is 2.25. The van der Waals surface area contributed by atoms with Gasteiger partial charge in [0.2, 0.25) is 0 Å². The Balaban J connectivity index is 2.49. The minimum Gasteiger partial charge on any atom is -0.385 e. The Morgan fingerprint density at radius 3 is 2.57 bits per heavy atom. The third-order valence-corrected chi connectivity index (χ3v) is 3.42. The number of benzene rings is 1. The molecule has 0 aliphatic carbocycles. The molecule has 0 radical (unpaired) electrons. The van der Waals surface area contributed by atoms with Crippen molar-refractivity contribution in [3.05, 3.63) is 57.3 Å². The van der Waals surface area contributed by atoms with Gasteiger partial charge in [-0.3, -0.25) is 4.79 Å². The van der Waals surface area contributed by atoms with Gasteiger partial charge in [-0.1, -0.05) is 23.7 Å². The average Bonchev–Trinajstić information content (AvgIpc) is 2.50. The van der Waals surface area contributed by atoms with Gasteiger partial charge in [0.1, 0.15) is 11.6 Å². The van der Waals surface area contributed by atoms with E-state index in [9.17, 15) is 4.79 Å². The van der Waals surface area contributed by atoms with Crippen LogP contribution in [-0.4, -0.2) is 18.3 Å². The molecule has 0 N–H and O–H groups in total. The van der Waals surface area contributed by atoms with Crippen LogP contribution in [0.3, 0.4) is 0 Å². The van der Waals surface area contributed by atoms with Crippen molar-refractivity contribution >= 4 is 11.6 Å². The Morgan fingerprint density at radius 1 is 1.24 bits per heavy atom. The molecule has 0 fully saturated rings. The quantitative estimate of drug-likeness (QED) is 0.798. The lowest BCUT2D eigenvalue weighted by Crippen LogP contribution is -2.24. The van der Waals surface area contributed by atoms with E-state index < -0.39 is 0 Å². The van der Waals surface area contributed by atoms with Crippen LogP contribution in [0.1, 0.15) is 12.0 Å². The second-order valence-electron chi connectivity index (χ2n) is 4.55. The van der Waals surface area contributed by atoms with Crippen molar-refractivity contribution < 1.29 is 4.74 Å². The van der Waals surface area contributed by atoms with Crippen molar-refractivity contribution in [1.29, 1.82) is 5.26 Å². The van der Waals surface area contributed by atoms with E-state index >= 15 is 0 Å². The smallest absolute Gasteiger partial charge is 0.268 e. The number of ether oxygens (including phenoxy) is 1. The summed E-state index contributed by atoms with van der Waals surface area (Å²) in [7, 11) is 1.62.